The molecule has 4 rings (SSSR count). The number of aromatic nitrogens is 2. The zero-order chi connectivity index (χ0) is 29.7. The Labute approximate surface area is 235 Å². The predicted octanol–water partition coefficient (Wildman–Crippen LogP) is 5.40. The van der Waals surface area contributed by atoms with Crippen LogP contribution in [0.3, 0.4) is 0 Å². The van der Waals surface area contributed by atoms with E-state index in [2.05, 4.69) is 10.4 Å². The van der Waals surface area contributed by atoms with Crippen LogP contribution in [-0.4, -0.2) is 49.4 Å². The van der Waals surface area contributed by atoms with Crippen molar-refractivity contribution in [2.75, 3.05) is 18.4 Å². The highest BCUT2D eigenvalue weighted by Gasteiger charge is 2.26. The van der Waals surface area contributed by atoms with E-state index in [0.717, 1.165) is 29.3 Å². The molecule has 0 aliphatic carbocycles. The number of carbonyl (C=O) groups is 2. The second kappa shape index (κ2) is 12.2. The van der Waals surface area contributed by atoms with Gasteiger partial charge in [-0.3, -0.25) is 29.8 Å². The fraction of sp³-hybridized carbons (Fsp3) is 0.207. The van der Waals surface area contributed by atoms with Gasteiger partial charge >= 0.3 is 0 Å². The van der Waals surface area contributed by atoms with Gasteiger partial charge in [0.2, 0.25) is 5.91 Å². The summed E-state index contributed by atoms with van der Waals surface area (Å²) in [4.78, 5) is 49.0. The molecule has 2 amide bonds. The van der Waals surface area contributed by atoms with Crippen molar-refractivity contribution in [2.24, 2.45) is 5.92 Å². The highest BCUT2D eigenvalue weighted by molar-refractivity contribution is 6.00. The minimum absolute atomic E-state index is 0.0665. The van der Waals surface area contributed by atoms with E-state index in [1.54, 1.807) is 10.7 Å². The van der Waals surface area contributed by atoms with Gasteiger partial charge in [-0.1, -0.05) is 61.9 Å². The normalized spacial score (nSPS) is 10.8. The van der Waals surface area contributed by atoms with Crippen LogP contribution in [0.1, 0.15) is 29.8 Å². The lowest BCUT2D eigenvalue weighted by atomic mass is 10.1. The number of carbonyl (C=O) groups excluding carboxylic acids is 2. The molecule has 210 valence electrons. The number of non-ortho nitro benzene ring substituents is 2. The van der Waals surface area contributed by atoms with Gasteiger partial charge in [0.05, 0.1) is 32.9 Å². The molecule has 0 radical (unpaired) electrons. The summed E-state index contributed by atoms with van der Waals surface area (Å²) in [6, 6.07) is 21.5. The van der Waals surface area contributed by atoms with E-state index in [-0.39, 0.29) is 18.0 Å². The lowest BCUT2D eigenvalue weighted by Crippen LogP contribution is -2.40. The van der Waals surface area contributed by atoms with Gasteiger partial charge in [0.1, 0.15) is 12.4 Å². The van der Waals surface area contributed by atoms with Crippen LogP contribution in [-0.2, 0) is 4.79 Å². The maximum atomic E-state index is 13.4. The summed E-state index contributed by atoms with van der Waals surface area (Å²) in [6.07, 6.45) is 0. The Morgan fingerprint density at radius 1 is 0.927 bits per heavy atom. The SMILES string of the molecule is Cc1ccc(-n2nc(-c3ccccc3)cc2NC(=O)CN(CC(C)C)C(=O)c2cc([N+](=O)[O-])cc([N+](=O)[O-])c2)cc1. The summed E-state index contributed by atoms with van der Waals surface area (Å²) in [5.74, 6) is -0.965. The Morgan fingerprint density at radius 3 is 2.10 bits per heavy atom. The van der Waals surface area contributed by atoms with Gasteiger partial charge in [-0.25, -0.2) is 4.68 Å². The number of nitrogens with zero attached hydrogens (tertiary/aromatic N) is 5. The van der Waals surface area contributed by atoms with Crippen molar-refractivity contribution in [1.82, 2.24) is 14.7 Å². The molecular weight excluding hydrogens is 528 g/mol. The van der Waals surface area contributed by atoms with Crippen molar-refractivity contribution in [3.8, 4) is 16.9 Å². The minimum Gasteiger partial charge on any atom is -0.329 e. The lowest BCUT2D eigenvalue weighted by Gasteiger charge is -2.24. The average molecular weight is 557 g/mol. The number of anilines is 1. The summed E-state index contributed by atoms with van der Waals surface area (Å²) >= 11 is 0. The minimum atomic E-state index is -0.806. The molecule has 0 saturated heterocycles. The Balaban J connectivity index is 1.64. The van der Waals surface area contributed by atoms with Gasteiger partial charge in [0.15, 0.2) is 0 Å². The molecule has 0 unspecified atom stereocenters. The smallest absolute Gasteiger partial charge is 0.277 e. The van der Waals surface area contributed by atoms with Gasteiger partial charge < -0.3 is 10.2 Å². The molecule has 1 aromatic heterocycles. The molecule has 3 aromatic carbocycles. The molecule has 0 spiro atoms. The fourth-order valence-corrected chi connectivity index (χ4v) is 4.23. The summed E-state index contributed by atoms with van der Waals surface area (Å²) in [7, 11) is 0. The lowest BCUT2D eigenvalue weighted by molar-refractivity contribution is -0.394. The average Bonchev–Trinajstić information content (AvgIpc) is 3.36. The first-order valence-corrected chi connectivity index (χ1v) is 12.8. The zero-order valence-corrected chi connectivity index (χ0v) is 22.7. The highest BCUT2D eigenvalue weighted by atomic mass is 16.6. The Bertz CT molecular complexity index is 1570. The molecule has 0 aliphatic heterocycles. The van der Waals surface area contributed by atoms with Crippen LogP contribution in [0, 0.1) is 33.1 Å². The largest absolute Gasteiger partial charge is 0.329 e. The third-order valence-corrected chi connectivity index (χ3v) is 6.10. The summed E-state index contributed by atoms with van der Waals surface area (Å²) in [6.45, 7) is 5.38. The van der Waals surface area contributed by atoms with Gasteiger partial charge in [-0.05, 0) is 25.0 Å². The number of rotatable bonds is 10. The van der Waals surface area contributed by atoms with E-state index >= 15 is 0 Å². The summed E-state index contributed by atoms with van der Waals surface area (Å²) < 4.78 is 1.60. The van der Waals surface area contributed by atoms with Crippen molar-refractivity contribution < 1.29 is 19.4 Å². The predicted molar refractivity (Wildman–Crippen MR) is 153 cm³/mol. The molecule has 1 heterocycles. The Morgan fingerprint density at radius 2 is 1.54 bits per heavy atom. The van der Waals surface area contributed by atoms with Gasteiger partial charge in [-0.2, -0.15) is 5.10 Å². The van der Waals surface area contributed by atoms with Crippen molar-refractivity contribution in [3.63, 3.8) is 0 Å². The van der Waals surface area contributed by atoms with Crippen LogP contribution < -0.4 is 5.32 Å². The summed E-state index contributed by atoms with van der Waals surface area (Å²) in [5.41, 5.74) is 1.80. The number of benzene rings is 3. The van der Waals surface area contributed by atoms with Gasteiger partial charge in [-0.15, -0.1) is 0 Å². The molecule has 0 fully saturated rings. The van der Waals surface area contributed by atoms with E-state index in [1.165, 1.54) is 4.90 Å². The maximum absolute atomic E-state index is 13.4. The molecule has 41 heavy (non-hydrogen) atoms. The van der Waals surface area contributed by atoms with E-state index in [4.69, 9.17) is 0 Å². The standard InChI is InChI=1S/C29H28N6O6/c1-19(2)17-32(29(37)22-13-24(34(38)39)15-25(14-22)35(40)41)18-28(36)30-27-16-26(21-7-5-4-6-8-21)31-33(27)23-11-9-20(3)10-12-23/h4-16,19H,17-18H2,1-3H3,(H,30,36). The van der Waals surface area contributed by atoms with Crippen molar-refractivity contribution >= 4 is 29.0 Å². The second-order valence-corrected chi connectivity index (χ2v) is 9.91. The summed E-state index contributed by atoms with van der Waals surface area (Å²) in [5, 5.41) is 30.2. The molecule has 4 aromatic rings. The molecule has 0 bridgehead atoms. The monoisotopic (exact) mass is 556 g/mol. The molecule has 0 aliphatic rings. The number of amides is 2. The van der Waals surface area contributed by atoms with Crippen LogP contribution in [0.15, 0.2) is 78.9 Å². The Hall–Kier alpha value is -5.39. The van der Waals surface area contributed by atoms with Crippen LogP contribution in [0.4, 0.5) is 17.2 Å². The number of aryl methyl sites for hydroxylation is 1. The first-order chi connectivity index (χ1) is 19.5. The van der Waals surface area contributed by atoms with Gasteiger partial charge in [0, 0.05) is 30.3 Å². The molecular formula is C29H28N6O6. The molecule has 0 saturated carbocycles. The number of hydrogen-bond acceptors (Lipinski definition) is 7. The number of nitrogens with one attached hydrogen (secondary N) is 1. The van der Waals surface area contributed by atoms with Crippen LogP contribution in [0.2, 0.25) is 0 Å². The van der Waals surface area contributed by atoms with E-state index in [1.807, 2.05) is 75.4 Å². The van der Waals surface area contributed by atoms with Crippen molar-refractivity contribution in [1.29, 1.82) is 0 Å². The molecule has 12 heteroatoms. The van der Waals surface area contributed by atoms with Crippen molar-refractivity contribution in [3.05, 3.63) is 110 Å². The van der Waals surface area contributed by atoms with E-state index in [0.29, 0.717) is 17.2 Å². The number of nitro groups is 2. The first-order valence-electron chi connectivity index (χ1n) is 12.8. The topological polar surface area (TPSA) is 154 Å². The molecule has 0 atom stereocenters. The maximum Gasteiger partial charge on any atom is 0.277 e. The molecule has 12 nitrogen and oxygen atoms in total. The third kappa shape index (κ3) is 6.98. The number of nitro benzene ring substituents is 2. The van der Waals surface area contributed by atoms with Crippen molar-refractivity contribution in [2.45, 2.75) is 20.8 Å². The Kier molecular flexibility index (Phi) is 8.51. The highest BCUT2D eigenvalue weighted by Crippen LogP contribution is 2.26. The fourth-order valence-electron chi connectivity index (χ4n) is 4.23. The molecule has 1 N–H and O–H groups in total. The number of hydrogen-bond donors (Lipinski definition) is 1. The van der Waals surface area contributed by atoms with Crippen LogP contribution >= 0.6 is 0 Å². The first kappa shape index (κ1) is 28.6. The second-order valence-electron chi connectivity index (χ2n) is 9.91. The van der Waals surface area contributed by atoms with E-state index < -0.39 is 39.6 Å². The quantitative estimate of drug-likeness (QED) is 0.203. The van der Waals surface area contributed by atoms with Crippen LogP contribution in [0.5, 0.6) is 0 Å². The van der Waals surface area contributed by atoms with Gasteiger partial charge in [0.25, 0.3) is 17.3 Å². The third-order valence-electron chi connectivity index (χ3n) is 6.10. The van der Waals surface area contributed by atoms with E-state index in [9.17, 15) is 29.8 Å². The van der Waals surface area contributed by atoms with Crippen LogP contribution in [0.25, 0.3) is 16.9 Å². The zero-order valence-electron chi connectivity index (χ0n) is 22.7.